The van der Waals surface area contributed by atoms with Gasteiger partial charge in [0.15, 0.2) is 16.6 Å². The smallest absolute Gasteiger partial charge is 0.360 e. The number of pyridine rings is 1. The van der Waals surface area contributed by atoms with Gasteiger partial charge in [0.2, 0.25) is 0 Å². The molecule has 0 aliphatic heterocycles. The van der Waals surface area contributed by atoms with Crippen LogP contribution in [0.4, 0.5) is 4.39 Å². The summed E-state index contributed by atoms with van der Waals surface area (Å²) < 4.78 is 20.1. The van der Waals surface area contributed by atoms with E-state index in [9.17, 15) is 14.3 Å². The van der Waals surface area contributed by atoms with E-state index in [0.29, 0.717) is 22.2 Å². The predicted octanol–water partition coefficient (Wildman–Crippen LogP) is 5.37. The molecule has 7 heteroatoms. The Bertz CT molecular complexity index is 1200. The Morgan fingerprint density at radius 2 is 1.86 bits per heavy atom. The molecular formula is C22H16ClFN2O3. The number of carbonyl (C=O) groups is 1. The topological polar surface area (TPSA) is 64.3 Å². The summed E-state index contributed by atoms with van der Waals surface area (Å²) in [4.78, 5) is 16.3. The van der Waals surface area contributed by atoms with Crippen LogP contribution in [-0.2, 0) is 4.74 Å². The van der Waals surface area contributed by atoms with Crippen LogP contribution in [-0.4, -0.2) is 27.2 Å². The lowest BCUT2D eigenvalue weighted by Crippen LogP contribution is -2.08. The minimum atomic E-state index is -0.762. The van der Waals surface area contributed by atoms with Crippen LogP contribution in [0.15, 0.2) is 60.8 Å². The standard InChI is InChI=1S/C22H16ClFN2O3/c1-2-29-22(28)18-20(27)17-16(13-6-4-3-5-7-13)12-26(19(17)21(23)25-18)15-10-8-14(24)9-11-15/h3-12,27H,2H2,1H3. The van der Waals surface area contributed by atoms with E-state index in [4.69, 9.17) is 16.3 Å². The fourth-order valence-corrected chi connectivity index (χ4v) is 3.52. The number of nitrogens with zero attached hydrogens (tertiary/aromatic N) is 2. The van der Waals surface area contributed by atoms with Crippen molar-refractivity contribution in [3.05, 3.63) is 77.5 Å². The van der Waals surface area contributed by atoms with Crippen LogP contribution in [0, 0.1) is 5.82 Å². The molecule has 0 atom stereocenters. The second-order valence-corrected chi connectivity index (χ2v) is 6.66. The molecule has 2 aromatic carbocycles. The lowest BCUT2D eigenvalue weighted by Gasteiger charge is -2.10. The first kappa shape index (κ1) is 19.0. The van der Waals surface area contributed by atoms with Crippen molar-refractivity contribution in [2.24, 2.45) is 0 Å². The van der Waals surface area contributed by atoms with Gasteiger partial charge in [0.1, 0.15) is 5.82 Å². The molecule has 0 bridgehead atoms. The second kappa shape index (κ2) is 7.56. The minimum absolute atomic E-state index is 0.0207. The summed E-state index contributed by atoms with van der Waals surface area (Å²) >= 11 is 6.44. The van der Waals surface area contributed by atoms with Gasteiger partial charge < -0.3 is 14.4 Å². The maximum atomic E-state index is 13.4. The van der Waals surface area contributed by atoms with E-state index in [1.807, 2.05) is 30.3 Å². The Morgan fingerprint density at radius 3 is 2.52 bits per heavy atom. The predicted molar refractivity (Wildman–Crippen MR) is 109 cm³/mol. The number of fused-ring (bicyclic) bond motifs is 1. The summed E-state index contributed by atoms with van der Waals surface area (Å²) in [7, 11) is 0. The number of benzene rings is 2. The lowest BCUT2D eigenvalue weighted by molar-refractivity contribution is 0.0516. The van der Waals surface area contributed by atoms with E-state index in [0.717, 1.165) is 5.56 Å². The Kier molecular flexibility index (Phi) is 4.94. The molecule has 1 N–H and O–H groups in total. The first-order valence-corrected chi connectivity index (χ1v) is 9.31. The maximum Gasteiger partial charge on any atom is 0.360 e. The van der Waals surface area contributed by atoms with Gasteiger partial charge >= 0.3 is 5.97 Å². The summed E-state index contributed by atoms with van der Waals surface area (Å²) in [5, 5.41) is 11.3. The Hall–Kier alpha value is -3.38. The summed E-state index contributed by atoms with van der Waals surface area (Å²) in [6.45, 7) is 1.80. The van der Waals surface area contributed by atoms with E-state index in [1.54, 1.807) is 29.8 Å². The van der Waals surface area contributed by atoms with Gasteiger partial charge in [-0.2, -0.15) is 0 Å². The third-order valence-electron chi connectivity index (χ3n) is 4.53. The van der Waals surface area contributed by atoms with Crippen LogP contribution in [0.25, 0.3) is 27.7 Å². The Labute approximate surface area is 170 Å². The molecule has 0 saturated heterocycles. The van der Waals surface area contributed by atoms with Crippen LogP contribution in [0.2, 0.25) is 5.15 Å². The highest BCUT2D eigenvalue weighted by molar-refractivity contribution is 6.35. The largest absolute Gasteiger partial charge is 0.505 e. The van der Waals surface area contributed by atoms with Gasteiger partial charge in [-0.3, -0.25) is 0 Å². The third kappa shape index (κ3) is 3.32. The van der Waals surface area contributed by atoms with Crippen molar-refractivity contribution in [1.29, 1.82) is 0 Å². The van der Waals surface area contributed by atoms with Crippen LogP contribution >= 0.6 is 11.6 Å². The Balaban J connectivity index is 2.07. The number of carbonyl (C=O) groups excluding carboxylic acids is 1. The molecule has 0 radical (unpaired) electrons. The summed E-state index contributed by atoms with van der Waals surface area (Å²) in [6, 6.07) is 15.2. The Morgan fingerprint density at radius 1 is 1.17 bits per heavy atom. The highest BCUT2D eigenvalue weighted by Crippen LogP contribution is 2.42. The zero-order valence-corrected chi connectivity index (χ0v) is 16.2. The number of hydrogen-bond acceptors (Lipinski definition) is 4. The number of halogens is 2. The average Bonchev–Trinajstić information content (AvgIpc) is 3.13. The zero-order valence-electron chi connectivity index (χ0n) is 15.4. The van der Waals surface area contributed by atoms with Crippen molar-refractivity contribution in [2.45, 2.75) is 6.92 Å². The highest BCUT2D eigenvalue weighted by atomic mass is 35.5. The van der Waals surface area contributed by atoms with Gasteiger partial charge in [-0.05, 0) is 36.8 Å². The van der Waals surface area contributed by atoms with Gasteiger partial charge in [-0.25, -0.2) is 14.2 Å². The molecule has 0 aliphatic rings. The van der Waals surface area contributed by atoms with Gasteiger partial charge in [0, 0.05) is 17.4 Å². The summed E-state index contributed by atoms with van der Waals surface area (Å²) in [5.74, 6) is -1.45. The van der Waals surface area contributed by atoms with E-state index >= 15 is 0 Å². The summed E-state index contributed by atoms with van der Waals surface area (Å²) in [5.41, 5.74) is 2.25. The van der Waals surface area contributed by atoms with Gasteiger partial charge in [-0.1, -0.05) is 41.9 Å². The lowest BCUT2D eigenvalue weighted by atomic mass is 10.0. The number of aromatic nitrogens is 2. The van der Waals surface area contributed by atoms with E-state index in [-0.39, 0.29) is 29.0 Å². The van der Waals surface area contributed by atoms with Crippen LogP contribution in [0.3, 0.4) is 0 Å². The number of ether oxygens (including phenoxy) is 1. The third-order valence-corrected chi connectivity index (χ3v) is 4.79. The molecule has 0 fully saturated rings. The fraction of sp³-hybridized carbons (Fsp3) is 0.0909. The monoisotopic (exact) mass is 410 g/mol. The second-order valence-electron chi connectivity index (χ2n) is 6.30. The zero-order chi connectivity index (χ0) is 20.5. The van der Waals surface area contributed by atoms with Crippen LogP contribution < -0.4 is 0 Å². The van der Waals surface area contributed by atoms with E-state index in [2.05, 4.69) is 4.98 Å². The van der Waals surface area contributed by atoms with Crippen molar-refractivity contribution >= 4 is 28.5 Å². The first-order chi connectivity index (χ1) is 14.0. The molecule has 2 aromatic heterocycles. The molecule has 2 heterocycles. The number of esters is 1. The fourth-order valence-electron chi connectivity index (χ4n) is 3.25. The normalized spacial score (nSPS) is 11.0. The van der Waals surface area contributed by atoms with Gasteiger partial charge in [0.25, 0.3) is 0 Å². The molecule has 4 rings (SSSR count). The number of rotatable bonds is 4. The molecular weight excluding hydrogens is 395 g/mol. The van der Waals surface area contributed by atoms with Crippen molar-refractivity contribution < 1.29 is 19.0 Å². The van der Waals surface area contributed by atoms with Gasteiger partial charge in [0.05, 0.1) is 17.5 Å². The molecule has 146 valence electrons. The molecule has 0 aliphatic carbocycles. The molecule has 4 aromatic rings. The summed E-state index contributed by atoms with van der Waals surface area (Å²) in [6.07, 6.45) is 1.77. The SMILES string of the molecule is CCOC(=O)c1nc(Cl)c2c(c(-c3ccccc3)cn2-c2ccc(F)cc2)c1O. The van der Waals surface area contributed by atoms with E-state index in [1.165, 1.54) is 12.1 Å². The molecule has 0 spiro atoms. The quantitative estimate of drug-likeness (QED) is 0.363. The molecule has 5 nitrogen and oxygen atoms in total. The average molecular weight is 411 g/mol. The van der Waals surface area contributed by atoms with Crippen molar-refractivity contribution in [1.82, 2.24) is 9.55 Å². The molecule has 0 amide bonds. The highest BCUT2D eigenvalue weighted by Gasteiger charge is 2.25. The minimum Gasteiger partial charge on any atom is -0.505 e. The van der Waals surface area contributed by atoms with Gasteiger partial charge in [-0.15, -0.1) is 0 Å². The van der Waals surface area contributed by atoms with Crippen molar-refractivity contribution in [3.8, 4) is 22.6 Å². The van der Waals surface area contributed by atoms with Crippen LogP contribution in [0.1, 0.15) is 17.4 Å². The molecule has 0 unspecified atom stereocenters. The van der Waals surface area contributed by atoms with E-state index < -0.39 is 5.97 Å². The number of hydrogen-bond donors (Lipinski definition) is 1. The molecule has 0 saturated carbocycles. The first-order valence-electron chi connectivity index (χ1n) is 8.93. The van der Waals surface area contributed by atoms with Crippen molar-refractivity contribution in [2.75, 3.05) is 6.61 Å². The van der Waals surface area contributed by atoms with Crippen molar-refractivity contribution in [3.63, 3.8) is 0 Å². The maximum absolute atomic E-state index is 13.4. The van der Waals surface area contributed by atoms with Crippen LogP contribution in [0.5, 0.6) is 5.75 Å². The molecule has 29 heavy (non-hydrogen) atoms. The number of aromatic hydroxyl groups is 1.